The van der Waals surface area contributed by atoms with Gasteiger partial charge >= 0.3 is 0 Å². The molecule has 1 rings (SSSR count). The molecule has 1 aliphatic heterocycles. The molecule has 0 bridgehead atoms. The fourth-order valence-electron chi connectivity index (χ4n) is 0.644. The Hall–Kier alpha value is 0.357. The highest BCUT2D eigenvalue weighted by atomic mass is 32.3. The molecule has 0 aliphatic carbocycles. The van der Waals surface area contributed by atoms with Gasteiger partial charge in [-0.25, -0.2) is 10.8 Å². The number of hydrogen-bond acceptors (Lipinski definition) is 2. The third-order valence-corrected chi connectivity index (χ3v) is 3.00. The smallest absolute Gasteiger partial charge is 0.104 e. The first-order valence-corrected chi connectivity index (χ1v) is 7.63. The van der Waals surface area contributed by atoms with Crippen LogP contribution in [0, 0.1) is 0 Å². The van der Waals surface area contributed by atoms with Gasteiger partial charge < -0.3 is 9.47 Å². The Morgan fingerprint density at radius 1 is 1.80 bits per heavy atom. The molecule has 0 aromatic heterocycles. The first-order chi connectivity index (χ1) is 4.93. The zero-order chi connectivity index (χ0) is 7.23. The van der Waals surface area contributed by atoms with Crippen LogP contribution in [0.1, 0.15) is 6.42 Å². The van der Waals surface area contributed by atoms with E-state index in [-0.39, 0.29) is 0 Å². The highest BCUT2D eigenvalue weighted by molar-refractivity contribution is 8.17. The predicted molar refractivity (Wildman–Crippen MR) is 50.2 cm³/mol. The van der Waals surface area contributed by atoms with Crippen molar-refractivity contribution >= 4 is 25.6 Å². The summed E-state index contributed by atoms with van der Waals surface area (Å²) in [4.78, 5) is 0. The second-order valence-electron chi connectivity index (χ2n) is 2.26. The van der Waals surface area contributed by atoms with Crippen LogP contribution in [0.25, 0.3) is 0 Å². The Bertz CT molecular complexity index is 114. The van der Waals surface area contributed by atoms with Gasteiger partial charge in [-0.05, 0) is 6.42 Å². The van der Waals surface area contributed by atoms with Crippen LogP contribution in [0.5, 0.6) is 0 Å². The van der Waals surface area contributed by atoms with Gasteiger partial charge in [0.2, 0.25) is 0 Å². The van der Waals surface area contributed by atoms with E-state index >= 15 is 0 Å². The van der Waals surface area contributed by atoms with E-state index in [9.17, 15) is 0 Å². The minimum Gasteiger partial charge on any atom is -0.378 e. The summed E-state index contributed by atoms with van der Waals surface area (Å²) in [7, 11) is 2.73. The van der Waals surface area contributed by atoms with E-state index in [1.54, 1.807) is 0 Å². The monoisotopic (exact) mass is 178 g/mol. The zero-order valence-electron chi connectivity index (χ0n) is 6.25. The Kier molecular flexibility index (Phi) is 4.28. The van der Waals surface area contributed by atoms with E-state index in [0.717, 1.165) is 26.2 Å². The summed E-state index contributed by atoms with van der Waals surface area (Å²) in [6.07, 6.45) is 1.52. The number of hydrogen-bond donors (Lipinski definition) is 1. The van der Waals surface area contributed by atoms with Crippen molar-refractivity contribution in [2.24, 2.45) is 0 Å². The predicted octanol–water partition coefficient (Wildman–Crippen LogP) is -0.660. The molecule has 0 saturated carbocycles. The minimum atomic E-state index is 0.425. The molecule has 1 heterocycles. The average Bonchev–Trinajstić information content (AvgIpc) is 2.71. The Morgan fingerprint density at radius 2 is 2.60 bits per heavy atom. The molecular weight excluding hydrogens is 164 g/mol. The number of ether oxygens (including phenoxy) is 2. The standard InChI is InChI=1S/C6H14O2SSi/c10-9-3-1-2-7-4-6-5-8-6/h3,6,9H,1-2,4-5H2,10H3. The molecule has 0 amide bonds. The molecule has 4 heteroatoms. The summed E-state index contributed by atoms with van der Waals surface area (Å²) >= 11 is 0. The summed E-state index contributed by atoms with van der Waals surface area (Å²) in [5.74, 6) is 0. The first kappa shape index (κ1) is 8.45. The van der Waals surface area contributed by atoms with Gasteiger partial charge in [-0.15, -0.1) is 0 Å². The summed E-state index contributed by atoms with van der Waals surface area (Å²) in [5, 5.41) is 2.26. The van der Waals surface area contributed by atoms with Crippen molar-refractivity contribution in [1.82, 2.24) is 0 Å². The molecule has 0 radical (unpaired) electrons. The van der Waals surface area contributed by atoms with Gasteiger partial charge in [-0.3, -0.25) is 0 Å². The summed E-state index contributed by atoms with van der Waals surface area (Å²) in [6, 6.07) is 0. The first-order valence-electron chi connectivity index (χ1n) is 3.53. The lowest BCUT2D eigenvalue weighted by atomic mass is 10.5. The van der Waals surface area contributed by atoms with Crippen LogP contribution < -0.4 is 0 Å². The van der Waals surface area contributed by atoms with Gasteiger partial charge in [-0.2, -0.15) is 0 Å². The fourth-order valence-corrected chi connectivity index (χ4v) is 1.78. The van der Waals surface area contributed by atoms with Crippen molar-refractivity contribution in [3.8, 4) is 0 Å². The van der Waals surface area contributed by atoms with Gasteiger partial charge in [0.1, 0.15) is 6.10 Å². The Morgan fingerprint density at radius 3 is 3.20 bits per heavy atom. The molecule has 1 fully saturated rings. The van der Waals surface area contributed by atoms with Crippen LogP contribution in [0.15, 0.2) is 0 Å². The molecule has 0 aromatic carbocycles. The van der Waals surface area contributed by atoms with Crippen LogP contribution in [-0.4, -0.2) is 40.7 Å². The Balaban J connectivity index is 1.76. The molecule has 0 aromatic rings. The van der Waals surface area contributed by atoms with Gasteiger partial charge in [-0.1, -0.05) is 5.37 Å². The Labute approximate surface area is 67.9 Å². The molecular formula is C6H14O2SSi. The summed E-state index contributed by atoms with van der Waals surface area (Å²) in [5.41, 5.74) is 0. The van der Waals surface area contributed by atoms with Crippen molar-refractivity contribution in [1.29, 1.82) is 0 Å². The van der Waals surface area contributed by atoms with Crippen molar-refractivity contribution in [2.45, 2.75) is 12.5 Å². The maximum atomic E-state index is 5.31. The lowest BCUT2D eigenvalue weighted by Crippen LogP contribution is -2.02. The summed E-state index contributed by atoms with van der Waals surface area (Å²) in [6.45, 7) is 2.57. The van der Waals surface area contributed by atoms with E-state index < -0.39 is 0 Å². The van der Waals surface area contributed by atoms with Gasteiger partial charge in [0, 0.05) is 0 Å². The fraction of sp³-hybridized carbons (Fsp3) is 0.833. The van der Waals surface area contributed by atoms with E-state index in [1.807, 2.05) is 0 Å². The SMILES string of the molecule is [SiH3][SH]=CCCOCC1CO1. The molecule has 60 valence electrons. The lowest BCUT2D eigenvalue weighted by molar-refractivity contribution is 0.123. The van der Waals surface area contributed by atoms with Crippen molar-refractivity contribution in [3.63, 3.8) is 0 Å². The van der Waals surface area contributed by atoms with E-state index in [1.165, 1.54) is 20.2 Å². The van der Waals surface area contributed by atoms with E-state index in [4.69, 9.17) is 9.47 Å². The van der Waals surface area contributed by atoms with Crippen LogP contribution >= 0.6 is 10.8 Å². The highest BCUT2D eigenvalue weighted by Crippen LogP contribution is 2.08. The van der Waals surface area contributed by atoms with Crippen molar-refractivity contribution < 1.29 is 9.47 Å². The topological polar surface area (TPSA) is 21.8 Å². The summed E-state index contributed by atoms with van der Waals surface area (Å²) < 4.78 is 10.3. The number of epoxide rings is 1. The molecule has 10 heavy (non-hydrogen) atoms. The molecule has 0 N–H and O–H groups in total. The van der Waals surface area contributed by atoms with Crippen LogP contribution in [-0.2, 0) is 9.47 Å². The lowest BCUT2D eigenvalue weighted by Gasteiger charge is -1.96. The van der Waals surface area contributed by atoms with E-state index in [2.05, 4.69) is 5.37 Å². The highest BCUT2D eigenvalue weighted by Gasteiger charge is 2.21. The third kappa shape index (κ3) is 4.22. The molecule has 1 saturated heterocycles. The van der Waals surface area contributed by atoms with Crippen LogP contribution in [0.4, 0.5) is 0 Å². The van der Waals surface area contributed by atoms with Gasteiger partial charge in [0.05, 0.1) is 29.2 Å². The molecule has 0 spiro atoms. The van der Waals surface area contributed by atoms with Crippen molar-refractivity contribution in [2.75, 3.05) is 19.8 Å². The zero-order valence-corrected chi connectivity index (χ0v) is 9.14. The second-order valence-corrected chi connectivity index (χ2v) is 4.69. The quantitative estimate of drug-likeness (QED) is 0.198. The largest absolute Gasteiger partial charge is 0.378 e. The molecule has 1 aliphatic rings. The van der Waals surface area contributed by atoms with Gasteiger partial charge in [0.25, 0.3) is 0 Å². The maximum absolute atomic E-state index is 5.31. The molecule has 2 nitrogen and oxygen atoms in total. The maximum Gasteiger partial charge on any atom is 0.104 e. The minimum absolute atomic E-state index is 0.425. The van der Waals surface area contributed by atoms with Crippen molar-refractivity contribution in [3.05, 3.63) is 0 Å². The molecule has 1 atom stereocenters. The number of thiol groups is 1. The molecule has 1 unspecified atom stereocenters. The van der Waals surface area contributed by atoms with Crippen LogP contribution in [0.2, 0.25) is 0 Å². The van der Waals surface area contributed by atoms with E-state index in [0.29, 0.717) is 6.10 Å². The second kappa shape index (κ2) is 5.07. The average molecular weight is 178 g/mol. The normalized spacial score (nSPS) is 25.0. The number of rotatable bonds is 5. The van der Waals surface area contributed by atoms with Gasteiger partial charge in [0.15, 0.2) is 0 Å². The third-order valence-electron chi connectivity index (χ3n) is 1.28. The van der Waals surface area contributed by atoms with Crippen LogP contribution in [0.3, 0.4) is 0 Å².